The van der Waals surface area contributed by atoms with Gasteiger partial charge in [-0.2, -0.15) is 18.3 Å². The Hall–Kier alpha value is -2.70. The number of hydrogen-bond donors (Lipinski definition) is 3. The Morgan fingerprint density at radius 1 is 1.30 bits per heavy atom. The molecule has 1 amide bonds. The second-order valence-electron chi connectivity index (χ2n) is 7.26. The maximum Gasteiger partial charge on any atom is 0.418 e. The highest BCUT2D eigenvalue weighted by molar-refractivity contribution is 7.11. The minimum atomic E-state index is -4.65. The quantitative estimate of drug-likeness (QED) is 0.385. The van der Waals surface area contributed by atoms with Crippen LogP contribution in [0.25, 0.3) is 0 Å². The first-order valence-electron chi connectivity index (χ1n) is 9.97. The number of amides is 1. The molecule has 0 radical (unpaired) electrons. The van der Waals surface area contributed by atoms with E-state index in [2.05, 4.69) is 25.7 Å². The van der Waals surface area contributed by atoms with Gasteiger partial charge in [0, 0.05) is 24.6 Å². The van der Waals surface area contributed by atoms with Gasteiger partial charge in [0.2, 0.25) is 0 Å². The van der Waals surface area contributed by atoms with Crippen molar-refractivity contribution in [3.05, 3.63) is 56.4 Å². The Morgan fingerprint density at radius 3 is 2.70 bits per heavy atom. The molecule has 0 spiro atoms. The molecule has 3 rings (SSSR count). The Balaban J connectivity index is 1.67. The number of anilines is 1. The molecule has 13 heteroatoms. The summed E-state index contributed by atoms with van der Waals surface area (Å²) < 4.78 is 40.8. The maximum absolute atomic E-state index is 13.0. The van der Waals surface area contributed by atoms with Crippen LogP contribution in [-0.4, -0.2) is 30.8 Å². The van der Waals surface area contributed by atoms with E-state index >= 15 is 0 Å². The van der Waals surface area contributed by atoms with E-state index in [0.29, 0.717) is 22.0 Å². The fourth-order valence-corrected chi connectivity index (χ4v) is 4.09. The normalized spacial score (nSPS) is 13.6. The lowest BCUT2D eigenvalue weighted by Crippen LogP contribution is -2.27. The molecule has 0 aliphatic rings. The summed E-state index contributed by atoms with van der Waals surface area (Å²) in [5.41, 5.74) is 0.158. The van der Waals surface area contributed by atoms with Crippen molar-refractivity contribution in [2.45, 2.75) is 52.2 Å². The molecule has 3 N–H and O–H groups in total. The van der Waals surface area contributed by atoms with Gasteiger partial charge < -0.3 is 15.7 Å². The molecule has 0 aromatic carbocycles. The molecule has 0 aliphatic heterocycles. The number of aliphatic hydroxyl groups is 1. The van der Waals surface area contributed by atoms with E-state index in [9.17, 15) is 23.1 Å². The van der Waals surface area contributed by atoms with Gasteiger partial charge in [0.15, 0.2) is 6.23 Å². The van der Waals surface area contributed by atoms with E-state index in [-0.39, 0.29) is 11.7 Å². The van der Waals surface area contributed by atoms with E-state index in [0.717, 1.165) is 35.7 Å². The lowest BCUT2D eigenvalue weighted by Gasteiger charge is -2.14. The molecule has 3 heterocycles. The molecule has 1 unspecified atom stereocenters. The number of rotatable bonds is 8. The van der Waals surface area contributed by atoms with Gasteiger partial charge in [-0.25, -0.2) is 9.97 Å². The number of pyridine rings is 1. The second kappa shape index (κ2) is 10.1. The Bertz CT molecular complexity index is 1130. The molecule has 178 valence electrons. The molecule has 8 nitrogen and oxygen atoms in total. The fraction of sp³-hybridized carbons (Fsp3) is 0.400. The van der Waals surface area contributed by atoms with Crippen molar-refractivity contribution in [2.75, 3.05) is 5.32 Å². The lowest BCUT2D eigenvalue weighted by molar-refractivity contribution is -0.137. The topological polar surface area (TPSA) is 105 Å². The zero-order valence-electron chi connectivity index (χ0n) is 17.9. The highest BCUT2D eigenvalue weighted by Gasteiger charge is 2.34. The van der Waals surface area contributed by atoms with Gasteiger partial charge in [-0.05, 0) is 26.3 Å². The predicted molar refractivity (Wildman–Crippen MR) is 118 cm³/mol. The first kappa shape index (κ1) is 24.9. The highest BCUT2D eigenvalue weighted by Crippen LogP contribution is 2.36. The number of nitrogens with one attached hydrogen (secondary N) is 2. The van der Waals surface area contributed by atoms with Crippen LogP contribution in [0.15, 0.2) is 24.7 Å². The molecule has 0 aliphatic carbocycles. The highest BCUT2D eigenvalue weighted by atomic mass is 35.5. The van der Waals surface area contributed by atoms with Crippen molar-refractivity contribution >= 4 is 34.7 Å². The summed E-state index contributed by atoms with van der Waals surface area (Å²) in [5.74, 6) is -0.502. The molecule has 2 atom stereocenters. The summed E-state index contributed by atoms with van der Waals surface area (Å²) in [6, 6.07) is 0.250. The molecule has 0 saturated carbocycles. The van der Waals surface area contributed by atoms with Crippen molar-refractivity contribution in [3.63, 3.8) is 0 Å². The monoisotopic (exact) mass is 502 g/mol. The van der Waals surface area contributed by atoms with E-state index < -0.39 is 29.0 Å². The number of carbonyl (C=O) groups excluding carboxylic acids is 1. The molecule has 3 aromatic rings. The Labute approximate surface area is 196 Å². The smallest absolute Gasteiger partial charge is 0.369 e. The zero-order chi connectivity index (χ0) is 24.3. The van der Waals surface area contributed by atoms with E-state index in [1.807, 2.05) is 13.8 Å². The van der Waals surface area contributed by atoms with Gasteiger partial charge >= 0.3 is 6.18 Å². The van der Waals surface area contributed by atoms with E-state index in [1.165, 1.54) is 12.4 Å². The van der Waals surface area contributed by atoms with Crippen LogP contribution in [0.2, 0.25) is 5.02 Å². The first-order chi connectivity index (χ1) is 15.5. The summed E-state index contributed by atoms with van der Waals surface area (Å²) >= 11 is 6.67. The Morgan fingerprint density at radius 2 is 2.03 bits per heavy atom. The Kier molecular flexibility index (Phi) is 7.60. The minimum Gasteiger partial charge on any atom is -0.369 e. The largest absolute Gasteiger partial charge is 0.418 e. The van der Waals surface area contributed by atoms with Crippen LogP contribution < -0.4 is 10.6 Å². The average Bonchev–Trinajstić information content (AvgIpc) is 3.37. The number of aliphatic hydroxyl groups excluding tert-OH is 1. The second-order valence-corrected chi connectivity index (χ2v) is 8.76. The van der Waals surface area contributed by atoms with Gasteiger partial charge in [-0.1, -0.05) is 18.5 Å². The van der Waals surface area contributed by atoms with Crippen LogP contribution >= 0.6 is 22.9 Å². The van der Waals surface area contributed by atoms with E-state index in [1.54, 1.807) is 11.6 Å². The molecule has 3 aromatic heterocycles. The number of halogens is 4. The molecule has 0 saturated heterocycles. The average molecular weight is 503 g/mol. The van der Waals surface area contributed by atoms with Crippen molar-refractivity contribution in [3.8, 4) is 0 Å². The lowest BCUT2D eigenvalue weighted by atomic mass is 10.2. The SMILES string of the molecule is CCCn1ncc(C(=O)N[C@H](C)c2ncc(C(O)Nc3cc(C(F)(F)F)c(Cl)cn3)s2)c1C. The van der Waals surface area contributed by atoms with Crippen molar-refractivity contribution in [1.82, 2.24) is 25.1 Å². The minimum absolute atomic E-state index is 0.199. The number of nitrogens with zero attached hydrogens (tertiary/aromatic N) is 4. The van der Waals surface area contributed by atoms with Crippen LogP contribution in [0.3, 0.4) is 0 Å². The van der Waals surface area contributed by atoms with Crippen LogP contribution in [0.5, 0.6) is 0 Å². The van der Waals surface area contributed by atoms with Gasteiger partial charge in [-0.3, -0.25) is 9.48 Å². The zero-order valence-corrected chi connectivity index (χ0v) is 19.5. The van der Waals surface area contributed by atoms with Crippen LogP contribution in [0.1, 0.15) is 64.0 Å². The van der Waals surface area contributed by atoms with Crippen LogP contribution in [0.4, 0.5) is 19.0 Å². The summed E-state index contributed by atoms with van der Waals surface area (Å²) in [7, 11) is 0. The third-order valence-corrected chi connectivity index (χ3v) is 6.29. The summed E-state index contributed by atoms with van der Waals surface area (Å²) in [6.07, 6.45) is -1.36. The number of hydrogen-bond acceptors (Lipinski definition) is 7. The number of aryl methyl sites for hydroxylation is 1. The van der Waals surface area contributed by atoms with Crippen molar-refractivity contribution in [1.29, 1.82) is 0 Å². The number of carbonyl (C=O) groups is 1. The van der Waals surface area contributed by atoms with Crippen molar-refractivity contribution in [2.24, 2.45) is 0 Å². The van der Waals surface area contributed by atoms with Crippen LogP contribution in [0, 0.1) is 6.92 Å². The van der Waals surface area contributed by atoms with Gasteiger partial charge in [0.25, 0.3) is 5.91 Å². The first-order valence-corrected chi connectivity index (χ1v) is 11.2. The maximum atomic E-state index is 13.0. The van der Waals surface area contributed by atoms with E-state index in [4.69, 9.17) is 11.6 Å². The third kappa shape index (κ3) is 5.81. The van der Waals surface area contributed by atoms with Gasteiger partial charge in [0.05, 0.1) is 33.3 Å². The number of aromatic nitrogens is 4. The predicted octanol–water partition coefficient (Wildman–Crippen LogP) is 4.72. The molecular formula is C20H22ClF3N6O2S. The molecule has 0 bridgehead atoms. The number of thiazole rings is 1. The van der Waals surface area contributed by atoms with Crippen LogP contribution in [-0.2, 0) is 12.7 Å². The van der Waals surface area contributed by atoms with Crippen molar-refractivity contribution < 1.29 is 23.1 Å². The summed E-state index contributed by atoms with van der Waals surface area (Å²) in [5, 5.41) is 19.9. The molecule has 0 fully saturated rings. The summed E-state index contributed by atoms with van der Waals surface area (Å²) in [4.78, 5) is 21.0. The third-order valence-electron chi connectivity index (χ3n) is 4.76. The standard InChI is InChI=1S/C20H22ClF3N6O2S/c1-4-5-30-11(3)12(7-27-30)17(31)28-10(2)19-26-9-15(33-19)18(32)29-16-6-13(20(22,23)24)14(21)8-25-16/h6-10,18,32H,4-5H2,1-3H3,(H,25,29)(H,28,31)/t10-,18?/m1/s1. The fourth-order valence-electron chi connectivity index (χ4n) is 3.02. The van der Waals surface area contributed by atoms with Gasteiger partial charge in [0.1, 0.15) is 10.8 Å². The molecular weight excluding hydrogens is 481 g/mol. The number of alkyl halides is 3. The van der Waals surface area contributed by atoms with Gasteiger partial charge in [-0.15, -0.1) is 11.3 Å². The molecule has 33 heavy (non-hydrogen) atoms. The summed E-state index contributed by atoms with van der Waals surface area (Å²) in [6.45, 7) is 6.29.